The molecule has 0 N–H and O–H groups in total. The molecule has 0 aliphatic carbocycles. The van der Waals surface area contributed by atoms with E-state index in [1.165, 1.54) is 0 Å². The van der Waals surface area contributed by atoms with Gasteiger partial charge >= 0.3 is 0 Å². The van der Waals surface area contributed by atoms with Gasteiger partial charge in [0.15, 0.2) is 18.1 Å². The summed E-state index contributed by atoms with van der Waals surface area (Å²) in [5, 5.41) is 0. The van der Waals surface area contributed by atoms with E-state index >= 15 is 8.78 Å². The van der Waals surface area contributed by atoms with Crippen LogP contribution in [-0.2, 0) is 0 Å². The Hall–Kier alpha value is -3.59. The maximum absolute atomic E-state index is 15.3. The van der Waals surface area contributed by atoms with Crippen LogP contribution in [0.4, 0.5) is 8.78 Å². The second-order valence-corrected chi connectivity index (χ2v) is 7.05. The molecule has 3 heteroatoms. The minimum atomic E-state index is -1.45. The molecule has 2 atom stereocenters. The molecular formula is C27H20F2O. The Morgan fingerprint density at radius 1 is 0.500 bits per heavy atom. The van der Waals surface area contributed by atoms with E-state index in [1.807, 2.05) is 12.1 Å². The van der Waals surface area contributed by atoms with E-state index in [4.69, 9.17) is 0 Å². The lowest BCUT2D eigenvalue weighted by Crippen LogP contribution is -2.11. The van der Waals surface area contributed by atoms with Crippen LogP contribution in [0, 0.1) is 0 Å². The van der Waals surface area contributed by atoms with Gasteiger partial charge in [-0.15, -0.1) is 0 Å². The number of benzene rings is 4. The van der Waals surface area contributed by atoms with Crippen molar-refractivity contribution in [2.75, 3.05) is 0 Å². The molecule has 0 bridgehead atoms. The maximum Gasteiger partial charge on any atom is 0.193 e. The molecule has 30 heavy (non-hydrogen) atoms. The van der Waals surface area contributed by atoms with Crippen LogP contribution in [0.1, 0.15) is 50.5 Å². The van der Waals surface area contributed by atoms with E-state index < -0.39 is 18.1 Å². The summed E-state index contributed by atoms with van der Waals surface area (Å²) in [7, 11) is 0. The lowest BCUT2D eigenvalue weighted by Gasteiger charge is -2.17. The molecule has 1 nitrogen and oxygen atoms in total. The molecule has 0 radical (unpaired) electrons. The molecule has 0 aliphatic rings. The van der Waals surface area contributed by atoms with Crippen LogP contribution in [0.2, 0.25) is 0 Å². The Balaban J connectivity index is 1.75. The van der Waals surface area contributed by atoms with Crippen molar-refractivity contribution in [1.82, 2.24) is 0 Å². The van der Waals surface area contributed by atoms with Crippen molar-refractivity contribution in [3.63, 3.8) is 0 Å². The normalized spacial score (nSPS) is 12.9. The maximum atomic E-state index is 15.3. The summed E-state index contributed by atoms with van der Waals surface area (Å²) in [4.78, 5) is 13.4. The van der Waals surface area contributed by atoms with E-state index in [0.29, 0.717) is 11.1 Å². The molecule has 0 saturated heterocycles. The highest BCUT2D eigenvalue weighted by atomic mass is 19.1. The van der Waals surface area contributed by atoms with Crippen LogP contribution in [0.25, 0.3) is 0 Å². The van der Waals surface area contributed by atoms with Crippen molar-refractivity contribution in [2.45, 2.75) is 12.3 Å². The first-order valence-electron chi connectivity index (χ1n) is 9.77. The zero-order chi connectivity index (χ0) is 20.9. The van der Waals surface area contributed by atoms with Gasteiger partial charge in [0, 0.05) is 22.3 Å². The predicted molar refractivity (Wildman–Crippen MR) is 115 cm³/mol. The van der Waals surface area contributed by atoms with Crippen LogP contribution in [0.15, 0.2) is 109 Å². The number of ketones is 1. The van der Waals surface area contributed by atoms with Crippen molar-refractivity contribution in [1.29, 1.82) is 0 Å². The number of hydrogen-bond acceptors (Lipinski definition) is 1. The molecule has 0 saturated carbocycles. The van der Waals surface area contributed by atoms with Crippen molar-refractivity contribution in [3.8, 4) is 0 Å². The molecular weight excluding hydrogens is 378 g/mol. The topological polar surface area (TPSA) is 17.1 Å². The zero-order valence-electron chi connectivity index (χ0n) is 16.2. The van der Waals surface area contributed by atoms with Gasteiger partial charge in [0.05, 0.1) is 0 Å². The van der Waals surface area contributed by atoms with Gasteiger partial charge in [-0.05, 0) is 11.1 Å². The fraction of sp³-hybridized carbons (Fsp3) is 0.0741. The number of carbonyl (C=O) groups is 1. The quantitative estimate of drug-likeness (QED) is 0.319. The summed E-state index contributed by atoms with van der Waals surface area (Å²) in [6.45, 7) is 0. The molecule has 0 fully saturated rings. The van der Waals surface area contributed by atoms with Gasteiger partial charge in [0.2, 0.25) is 0 Å². The average molecular weight is 398 g/mol. The lowest BCUT2D eigenvalue weighted by atomic mass is 9.89. The van der Waals surface area contributed by atoms with Gasteiger partial charge < -0.3 is 0 Å². The Bertz CT molecular complexity index is 1050. The Labute approximate surface area is 174 Å². The van der Waals surface area contributed by atoms with Crippen LogP contribution in [0.5, 0.6) is 0 Å². The highest BCUT2D eigenvalue weighted by Crippen LogP contribution is 2.33. The highest BCUT2D eigenvalue weighted by Gasteiger charge is 2.25. The van der Waals surface area contributed by atoms with Crippen LogP contribution in [0.3, 0.4) is 0 Å². The van der Waals surface area contributed by atoms with Crippen molar-refractivity contribution in [2.24, 2.45) is 0 Å². The summed E-state index contributed by atoms with van der Waals surface area (Å²) < 4.78 is 30.6. The number of carbonyl (C=O) groups excluding carboxylic acids is 1. The first kappa shape index (κ1) is 19.7. The van der Waals surface area contributed by atoms with E-state index in [-0.39, 0.29) is 22.3 Å². The van der Waals surface area contributed by atoms with E-state index in [9.17, 15) is 4.79 Å². The highest BCUT2D eigenvalue weighted by molar-refractivity contribution is 6.11. The first-order valence-corrected chi connectivity index (χ1v) is 9.77. The summed E-state index contributed by atoms with van der Waals surface area (Å²) in [5.74, 6) is -0.390. The fourth-order valence-corrected chi connectivity index (χ4v) is 3.60. The average Bonchev–Trinajstić information content (AvgIpc) is 2.84. The molecule has 0 amide bonds. The lowest BCUT2D eigenvalue weighted by molar-refractivity contribution is 0.103. The SMILES string of the molecule is O=C(c1ccccc1C(F)c1ccccc1)c1ccccc1C(F)c1ccccc1. The van der Waals surface area contributed by atoms with E-state index in [0.717, 1.165) is 0 Å². The van der Waals surface area contributed by atoms with Crippen molar-refractivity contribution < 1.29 is 13.6 Å². The van der Waals surface area contributed by atoms with E-state index in [2.05, 4.69) is 0 Å². The van der Waals surface area contributed by atoms with Gasteiger partial charge in [0.25, 0.3) is 0 Å². The third-order valence-electron chi connectivity index (χ3n) is 5.14. The largest absolute Gasteiger partial charge is 0.289 e. The Kier molecular flexibility index (Phi) is 5.80. The molecule has 148 valence electrons. The molecule has 0 spiro atoms. The Morgan fingerprint density at radius 3 is 1.23 bits per heavy atom. The molecule has 4 aromatic carbocycles. The number of alkyl halides is 2. The number of hydrogen-bond donors (Lipinski definition) is 0. The van der Waals surface area contributed by atoms with E-state index in [1.54, 1.807) is 97.1 Å². The minimum Gasteiger partial charge on any atom is -0.289 e. The summed E-state index contributed by atoms with van der Waals surface area (Å²) in [6.07, 6.45) is -2.90. The molecule has 0 heterocycles. The second kappa shape index (κ2) is 8.83. The van der Waals surface area contributed by atoms with Crippen LogP contribution >= 0.6 is 0 Å². The Morgan fingerprint density at radius 2 is 0.833 bits per heavy atom. The summed E-state index contributed by atoms with van der Waals surface area (Å²) in [6, 6.07) is 30.6. The summed E-state index contributed by atoms with van der Waals surface area (Å²) >= 11 is 0. The minimum absolute atomic E-state index is 0.238. The number of rotatable bonds is 6. The predicted octanol–water partition coefficient (Wildman–Crippen LogP) is 7.04. The molecule has 0 aliphatic heterocycles. The molecule has 4 rings (SSSR count). The van der Waals surface area contributed by atoms with Crippen molar-refractivity contribution in [3.05, 3.63) is 143 Å². The van der Waals surface area contributed by atoms with Crippen LogP contribution < -0.4 is 0 Å². The first-order chi connectivity index (χ1) is 14.7. The van der Waals surface area contributed by atoms with Crippen LogP contribution in [-0.4, -0.2) is 5.78 Å². The smallest absolute Gasteiger partial charge is 0.193 e. The fourth-order valence-electron chi connectivity index (χ4n) is 3.60. The third kappa shape index (κ3) is 3.92. The second-order valence-electron chi connectivity index (χ2n) is 7.05. The van der Waals surface area contributed by atoms with Gasteiger partial charge in [-0.3, -0.25) is 4.79 Å². The third-order valence-corrected chi connectivity index (χ3v) is 5.14. The van der Waals surface area contributed by atoms with Crippen molar-refractivity contribution >= 4 is 5.78 Å². The number of halogens is 2. The molecule has 0 aromatic heterocycles. The summed E-state index contributed by atoms with van der Waals surface area (Å²) in [5.41, 5.74) is 1.97. The zero-order valence-corrected chi connectivity index (χ0v) is 16.2. The molecule has 2 unspecified atom stereocenters. The van der Waals surface area contributed by atoms with Gasteiger partial charge in [-0.1, -0.05) is 109 Å². The van der Waals surface area contributed by atoms with Gasteiger partial charge in [0.1, 0.15) is 0 Å². The molecule has 4 aromatic rings. The standard InChI is InChI=1S/C27H20F2O/c28-25(19-11-3-1-4-12-19)21-15-7-9-17-23(21)27(30)24-18-10-8-16-22(24)26(29)20-13-5-2-6-14-20/h1-18,25-26H. The van der Waals surface area contributed by atoms with Gasteiger partial charge in [-0.25, -0.2) is 8.78 Å². The van der Waals surface area contributed by atoms with Gasteiger partial charge in [-0.2, -0.15) is 0 Å². The monoisotopic (exact) mass is 398 g/mol.